The highest BCUT2D eigenvalue weighted by molar-refractivity contribution is 5.68. The van der Waals surface area contributed by atoms with Gasteiger partial charge < -0.3 is 14.8 Å². The highest BCUT2D eigenvalue weighted by Crippen LogP contribution is 2.52. The van der Waals surface area contributed by atoms with E-state index in [-0.39, 0.29) is 11.8 Å². The fourth-order valence-electron chi connectivity index (χ4n) is 3.98. The van der Waals surface area contributed by atoms with E-state index in [0.29, 0.717) is 6.54 Å². The molecule has 1 N–H and O–H groups in total. The third-order valence-corrected chi connectivity index (χ3v) is 5.07. The number of piperidine rings is 1. The summed E-state index contributed by atoms with van der Waals surface area (Å²) in [4.78, 5) is 24.5. The van der Waals surface area contributed by atoms with Crippen LogP contribution in [0.25, 0.3) is 0 Å². The molecule has 0 radical (unpaired) electrons. The Labute approximate surface area is 124 Å². The van der Waals surface area contributed by atoms with E-state index in [9.17, 15) is 14.7 Å². The first kappa shape index (κ1) is 14.1. The molecule has 3 rings (SSSR count). The van der Waals surface area contributed by atoms with Crippen molar-refractivity contribution in [1.29, 1.82) is 0 Å². The zero-order valence-electron chi connectivity index (χ0n) is 12.1. The second kappa shape index (κ2) is 5.51. The summed E-state index contributed by atoms with van der Waals surface area (Å²) < 4.78 is 0. The average molecular weight is 287 g/mol. The number of hydrogen-bond acceptors (Lipinski definition) is 2. The van der Waals surface area contributed by atoms with Crippen LogP contribution in [0.1, 0.15) is 31.2 Å². The Balaban J connectivity index is 1.94. The van der Waals surface area contributed by atoms with Gasteiger partial charge in [-0.3, -0.25) is 0 Å². The van der Waals surface area contributed by atoms with Gasteiger partial charge in [0.05, 0.1) is 5.54 Å². The van der Waals surface area contributed by atoms with Gasteiger partial charge in [0, 0.05) is 12.5 Å². The van der Waals surface area contributed by atoms with Crippen molar-refractivity contribution in [3.63, 3.8) is 0 Å². The smallest absolute Gasteiger partial charge is 0.407 e. The number of carbonyl (C=O) groups is 2. The molecule has 112 valence electrons. The number of nitrogens with zero attached hydrogens (tertiary/aromatic N) is 1. The zero-order chi connectivity index (χ0) is 14.9. The third-order valence-electron chi connectivity index (χ3n) is 5.07. The standard InChI is InChI=1S/C17H21NO3/c19-12-14-10-15(14)17(11-13-6-2-1-3-7-13)8-4-5-9-18(17)16(20)21/h1-3,6-7,12,14-15H,4-5,8-11H2,(H,20,21)/t14-,15-,17?/m1/s1. The minimum Gasteiger partial charge on any atom is -0.465 e. The van der Waals surface area contributed by atoms with Crippen molar-refractivity contribution in [1.82, 2.24) is 4.90 Å². The van der Waals surface area contributed by atoms with Crippen molar-refractivity contribution in [3.8, 4) is 0 Å². The van der Waals surface area contributed by atoms with Gasteiger partial charge >= 0.3 is 6.09 Å². The van der Waals surface area contributed by atoms with Gasteiger partial charge in [0.15, 0.2) is 0 Å². The first-order valence-electron chi connectivity index (χ1n) is 7.67. The number of hydrogen-bond donors (Lipinski definition) is 1. The summed E-state index contributed by atoms with van der Waals surface area (Å²) in [6.07, 6.45) is 4.53. The summed E-state index contributed by atoms with van der Waals surface area (Å²) in [6, 6.07) is 10.0. The molecule has 1 aromatic carbocycles. The molecule has 4 heteroatoms. The van der Waals surface area contributed by atoms with Crippen LogP contribution in [0, 0.1) is 11.8 Å². The fourth-order valence-corrected chi connectivity index (χ4v) is 3.98. The van der Waals surface area contributed by atoms with Crippen LogP contribution in [0.15, 0.2) is 30.3 Å². The Kier molecular flexibility index (Phi) is 3.70. The lowest BCUT2D eigenvalue weighted by molar-refractivity contribution is -0.109. The molecule has 0 bridgehead atoms. The molecule has 1 unspecified atom stereocenters. The molecular formula is C17H21NO3. The number of carbonyl (C=O) groups excluding carboxylic acids is 1. The van der Waals surface area contributed by atoms with Crippen molar-refractivity contribution in [2.75, 3.05) is 6.54 Å². The Morgan fingerprint density at radius 3 is 2.71 bits per heavy atom. The fraction of sp³-hybridized carbons (Fsp3) is 0.529. The molecule has 2 fully saturated rings. The minimum atomic E-state index is -0.845. The summed E-state index contributed by atoms with van der Waals surface area (Å²) in [5, 5.41) is 9.63. The Morgan fingerprint density at radius 1 is 1.33 bits per heavy atom. The number of carboxylic acid groups (broad SMARTS) is 1. The Hall–Kier alpha value is -1.84. The van der Waals surface area contributed by atoms with Crippen LogP contribution in [0.4, 0.5) is 4.79 Å². The predicted octanol–water partition coefficient (Wildman–Crippen LogP) is 2.97. The maximum atomic E-state index is 11.7. The zero-order valence-corrected chi connectivity index (χ0v) is 12.1. The minimum absolute atomic E-state index is 0.0358. The van der Waals surface area contributed by atoms with Crippen molar-refractivity contribution in [2.45, 2.75) is 37.6 Å². The normalized spacial score (nSPS) is 31.7. The molecule has 21 heavy (non-hydrogen) atoms. The maximum absolute atomic E-state index is 11.7. The van der Waals surface area contributed by atoms with Gasteiger partial charge in [-0.25, -0.2) is 4.79 Å². The molecule has 3 atom stereocenters. The van der Waals surface area contributed by atoms with Crippen LogP contribution in [0.3, 0.4) is 0 Å². The van der Waals surface area contributed by atoms with Crippen LogP contribution < -0.4 is 0 Å². The third kappa shape index (κ3) is 2.55. The van der Waals surface area contributed by atoms with E-state index in [1.54, 1.807) is 4.90 Å². The number of amides is 1. The highest BCUT2D eigenvalue weighted by Gasteiger charge is 2.57. The van der Waals surface area contributed by atoms with Gasteiger partial charge in [0.25, 0.3) is 0 Å². The van der Waals surface area contributed by atoms with Crippen molar-refractivity contribution in [2.24, 2.45) is 11.8 Å². The van der Waals surface area contributed by atoms with Crippen molar-refractivity contribution in [3.05, 3.63) is 35.9 Å². The summed E-state index contributed by atoms with van der Waals surface area (Å²) >= 11 is 0. The lowest BCUT2D eigenvalue weighted by Gasteiger charge is -2.47. The van der Waals surface area contributed by atoms with E-state index < -0.39 is 11.6 Å². The topological polar surface area (TPSA) is 57.6 Å². The van der Waals surface area contributed by atoms with Crippen molar-refractivity contribution < 1.29 is 14.7 Å². The van der Waals surface area contributed by atoms with Crippen molar-refractivity contribution >= 4 is 12.4 Å². The van der Waals surface area contributed by atoms with E-state index in [0.717, 1.165) is 44.0 Å². The molecule has 1 heterocycles. The van der Waals surface area contributed by atoms with Gasteiger partial charge in [-0.15, -0.1) is 0 Å². The van der Waals surface area contributed by atoms with E-state index in [4.69, 9.17) is 0 Å². The molecule has 2 aliphatic rings. The number of likely N-dealkylation sites (tertiary alicyclic amines) is 1. The first-order valence-corrected chi connectivity index (χ1v) is 7.67. The Morgan fingerprint density at radius 2 is 2.10 bits per heavy atom. The monoisotopic (exact) mass is 287 g/mol. The number of benzene rings is 1. The van der Waals surface area contributed by atoms with Crippen LogP contribution in [-0.4, -0.2) is 34.5 Å². The number of rotatable bonds is 4. The Bertz CT molecular complexity index is 530. The molecular weight excluding hydrogens is 266 g/mol. The van der Waals surface area contributed by atoms with E-state index >= 15 is 0 Å². The first-order chi connectivity index (χ1) is 10.2. The molecule has 1 amide bonds. The SMILES string of the molecule is O=C[C@H]1C[C@H]1C1(Cc2ccccc2)CCCCN1C(=O)O. The van der Waals surface area contributed by atoms with Crippen LogP contribution in [0.5, 0.6) is 0 Å². The molecule has 0 spiro atoms. The van der Waals surface area contributed by atoms with Gasteiger partial charge in [-0.05, 0) is 43.6 Å². The second-order valence-corrected chi connectivity index (χ2v) is 6.30. The van der Waals surface area contributed by atoms with Gasteiger partial charge in [0.1, 0.15) is 6.29 Å². The van der Waals surface area contributed by atoms with E-state index in [2.05, 4.69) is 12.1 Å². The summed E-state index contributed by atoms with van der Waals surface area (Å²) in [5.41, 5.74) is 0.763. The second-order valence-electron chi connectivity index (χ2n) is 6.30. The number of aldehydes is 1. The summed E-state index contributed by atoms with van der Waals surface area (Å²) in [7, 11) is 0. The van der Waals surface area contributed by atoms with Gasteiger partial charge in [-0.2, -0.15) is 0 Å². The lowest BCUT2D eigenvalue weighted by atomic mass is 9.77. The average Bonchev–Trinajstić information content (AvgIpc) is 3.28. The van der Waals surface area contributed by atoms with Crippen LogP contribution in [-0.2, 0) is 11.2 Å². The summed E-state index contributed by atoms with van der Waals surface area (Å²) in [6.45, 7) is 0.588. The van der Waals surface area contributed by atoms with E-state index in [1.165, 1.54) is 0 Å². The molecule has 1 aliphatic carbocycles. The molecule has 1 saturated carbocycles. The molecule has 1 aliphatic heterocycles. The quantitative estimate of drug-likeness (QED) is 0.866. The molecule has 1 aromatic rings. The van der Waals surface area contributed by atoms with Gasteiger partial charge in [0.2, 0.25) is 0 Å². The van der Waals surface area contributed by atoms with Crippen LogP contribution in [0.2, 0.25) is 0 Å². The van der Waals surface area contributed by atoms with Gasteiger partial charge in [-0.1, -0.05) is 30.3 Å². The lowest BCUT2D eigenvalue weighted by Crippen LogP contribution is -2.57. The molecule has 0 aromatic heterocycles. The summed E-state index contributed by atoms with van der Waals surface area (Å²) in [5.74, 6) is 0.222. The molecule has 1 saturated heterocycles. The molecule has 4 nitrogen and oxygen atoms in total. The predicted molar refractivity (Wildman–Crippen MR) is 79.1 cm³/mol. The maximum Gasteiger partial charge on any atom is 0.407 e. The van der Waals surface area contributed by atoms with Crippen LogP contribution >= 0.6 is 0 Å². The largest absolute Gasteiger partial charge is 0.465 e. The highest BCUT2D eigenvalue weighted by atomic mass is 16.4. The van der Waals surface area contributed by atoms with E-state index in [1.807, 2.05) is 18.2 Å².